The van der Waals surface area contributed by atoms with E-state index in [0.29, 0.717) is 6.54 Å². The molecule has 1 N–H and O–H groups in total. The number of halogens is 1. The van der Waals surface area contributed by atoms with Crippen molar-refractivity contribution < 1.29 is 4.79 Å². The summed E-state index contributed by atoms with van der Waals surface area (Å²) in [5, 5.41) is 2.87. The predicted octanol–water partition coefficient (Wildman–Crippen LogP) is 1.43. The standard InChI is InChI=1S/C11H17IN4O/c1-4-16(6-10(17)15-8(2)3)11-9(12)5-13-7-14-11/h5,7-8H,4,6H2,1-3H3,(H,15,17). The minimum atomic E-state index is 0.0104. The van der Waals surface area contributed by atoms with Crippen molar-refractivity contribution in [3.8, 4) is 0 Å². The SMILES string of the molecule is CCN(CC(=O)NC(C)C)c1ncncc1I. The number of carbonyl (C=O) groups excluding carboxylic acids is 1. The van der Waals surface area contributed by atoms with Crippen LogP contribution in [0, 0.1) is 3.57 Å². The van der Waals surface area contributed by atoms with Crippen molar-refractivity contribution in [2.75, 3.05) is 18.0 Å². The predicted molar refractivity (Wildman–Crippen MR) is 75.9 cm³/mol. The highest BCUT2D eigenvalue weighted by molar-refractivity contribution is 14.1. The fourth-order valence-electron chi connectivity index (χ4n) is 1.42. The minimum absolute atomic E-state index is 0.0104. The molecule has 0 aliphatic rings. The lowest BCUT2D eigenvalue weighted by Crippen LogP contribution is -2.40. The van der Waals surface area contributed by atoms with Crippen molar-refractivity contribution in [3.63, 3.8) is 0 Å². The van der Waals surface area contributed by atoms with Gasteiger partial charge in [-0.25, -0.2) is 9.97 Å². The summed E-state index contributed by atoms with van der Waals surface area (Å²) >= 11 is 2.17. The van der Waals surface area contributed by atoms with Crippen molar-refractivity contribution in [2.45, 2.75) is 26.8 Å². The third-order valence-electron chi connectivity index (χ3n) is 2.11. The number of nitrogens with zero attached hydrogens (tertiary/aromatic N) is 3. The first kappa shape index (κ1) is 14.1. The molecule has 0 spiro atoms. The molecule has 1 aromatic heterocycles. The smallest absolute Gasteiger partial charge is 0.239 e. The van der Waals surface area contributed by atoms with Crippen LogP contribution in [0.1, 0.15) is 20.8 Å². The van der Waals surface area contributed by atoms with E-state index in [1.54, 1.807) is 6.20 Å². The molecule has 5 nitrogen and oxygen atoms in total. The van der Waals surface area contributed by atoms with Crippen LogP contribution in [0.5, 0.6) is 0 Å². The zero-order chi connectivity index (χ0) is 12.8. The number of likely N-dealkylation sites (N-methyl/N-ethyl adjacent to an activating group) is 1. The Labute approximate surface area is 115 Å². The van der Waals surface area contributed by atoms with Gasteiger partial charge < -0.3 is 10.2 Å². The molecule has 1 amide bonds. The maximum absolute atomic E-state index is 11.7. The third kappa shape index (κ3) is 4.45. The number of amides is 1. The van der Waals surface area contributed by atoms with Gasteiger partial charge in [-0.05, 0) is 43.4 Å². The Balaban J connectivity index is 2.73. The molecular formula is C11H17IN4O. The molecule has 0 fully saturated rings. The first-order chi connectivity index (χ1) is 8.04. The van der Waals surface area contributed by atoms with E-state index < -0.39 is 0 Å². The number of anilines is 1. The quantitative estimate of drug-likeness (QED) is 0.818. The monoisotopic (exact) mass is 348 g/mol. The van der Waals surface area contributed by atoms with Gasteiger partial charge in [-0.3, -0.25) is 4.79 Å². The van der Waals surface area contributed by atoms with Gasteiger partial charge in [-0.2, -0.15) is 0 Å². The summed E-state index contributed by atoms with van der Waals surface area (Å²) in [5.74, 6) is 0.818. The number of rotatable bonds is 5. The lowest BCUT2D eigenvalue weighted by atomic mass is 10.3. The summed E-state index contributed by atoms with van der Waals surface area (Å²) in [5.41, 5.74) is 0. The molecule has 0 radical (unpaired) electrons. The zero-order valence-corrected chi connectivity index (χ0v) is 12.4. The van der Waals surface area contributed by atoms with Crippen LogP contribution in [0.15, 0.2) is 12.5 Å². The van der Waals surface area contributed by atoms with Crippen molar-refractivity contribution >= 4 is 34.3 Å². The van der Waals surface area contributed by atoms with E-state index in [0.717, 1.165) is 15.9 Å². The Bertz CT molecular complexity index is 383. The molecular weight excluding hydrogens is 331 g/mol. The molecule has 1 heterocycles. The molecule has 0 atom stereocenters. The molecule has 94 valence electrons. The van der Waals surface area contributed by atoms with Crippen LogP contribution in [0.2, 0.25) is 0 Å². The van der Waals surface area contributed by atoms with Gasteiger partial charge in [0.05, 0.1) is 10.1 Å². The van der Waals surface area contributed by atoms with Gasteiger partial charge in [-0.15, -0.1) is 0 Å². The van der Waals surface area contributed by atoms with Crippen LogP contribution in [-0.4, -0.2) is 35.0 Å². The van der Waals surface area contributed by atoms with Gasteiger partial charge in [-0.1, -0.05) is 0 Å². The number of hydrogen-bond acceptors (Lipinski definition) is 4. The number of carbonyl (C=O) groups is 1. The van der Waals surface area contributed by atoms with Crippen molar-refractivity contribution in [1.82, 2.24) is 15.3 Å². The van der Waals surface area contributed by atoms with E-state index in [1.165, 1.54) is 6.33 Å². The van der Waals surface area contributed by atoms with Crippen LogP contribution in [0.4, 0.5) is 5.82 Å². The molecule has 0 aromatic carbocycles. The highest BCUT2D eigenvalue weighted by atomic mass is 127. The van der Waals surface area contributed by atoms with Crippen LogP contribution in [0.25, 0.3) is 0 Å². The number of nitrogens with one attached hydrogen (secondary N) is 1. The van der Waals surface area contributed by atoms with Gasteiger partial charge in [0, 0.05) is 18.8 Å². The highest BCUT2D eigenvalue weighted by Gasteiger charge is 2.14. The maximum atomic E-state index is 11.7. The van der Waals surface area contributed by atoms with E-state index in [1.807, 2.05) is 25.7 Å². The molecule has 0 aliphatic heterocycles. The average molecular weight is 348 g/mol. The van der Waals surface area contributed by atoms with E-state index in [2.05, 4.69) is 37.9 Å². The second-order valence-corrected chi connectivity index (χ2v) is 5.09. The van der Waals surface area contributed by atoms with Crippen LogP contribution in [-0.2, 0) is 4.79 Å². The minimum Gasteiger partial charge on any atom is -0.352 e. The maximum Gasteiger partial charge on any atom is 0.239 e. The Morgan fingerprint density at radius 3 is 2.82 bits per heavy atom. The van der Waals surface area contributed by atoms with Gasteiger partial charge in [0.2, 0.25) is 5.91 Å². The van der Waals surface area contributed by atoms with Gasteiger partial charge >= 0.3 is 0 Å². The first-order valence-electron chi connectivity index (χ1n) is 5.54. The third-order valence-corrected chi connectivity index (χ3v) is 2.87. The fourth-order valence-corrected chi connectivity index (χ4v) is 2.06. The summed E-state index contributed by atoms with van der Waals surface area (Å²) in [6.45, 7) is 6.95. The molecule has 6 heteroatoms. The van der Waals surface area contributed by atoms with E-state index in [4.69, 9.17) is 0 Å². The topological polar surface area (TPSA) is 58.1 Å². The summed E-state index contributed by atoms with van der Waals surface area (Å²) in [6.07, 6.45) is 3.24. The van der Waals surface area contributed by atoms with Crippen molar-refractivity contribution in [3.05, 3.63) is 16.1 Å². The lowest BCUT2D eigenvalue weighted by Gasteiger charge is -2.22. The molecule has 17 heavy (non-hydrogen) atoms. The van der Waals surface area contributed by atoms with Crippen LogP contribution < -0.4 is 10.2 Å². The average Bonchev–Trinajstić information content (AvgIpc) is 2.26. The fraction of sp³-hybridized carbons (Fsp3) is 0.545. The van der Waals surface area contributed by atoms with Crippen LogP contribution in [0.3, 0.4) is 0 Å². The van der Waals surface area contributed by atoms with E-state index in [9.17, 15) is 4.79 Å². The van der Waals surface area contributed by atoms with Crippen molar-refractivity contribution in [2.24, 2.45) is 0 Å². The number of aromatic nitrogens is 2. The highest BCUT2D eigenvalue weighted by Crippen LogP contribution is 2.17. The molecule has 1 rings (SSSR count). The summed E-state index contributed by atoms with van der Waals surface area (Å²) < 4.78 is 0.948. The Kier molecular flexibility index (Phi) is 5.60. The summed E-state index contributed by atoms with van der Waals surface area (Å²) in [7, 11) is 0. The normalized spacial score (nSPS) is 10.4. The largest absolute Gasteiger partial charge is 0.352 e. The Hall–Kier alpha value is -0.920. The van der Waals surface area contributed by atoms with Gasteiger partial charge in [0.15, 0.2) is 0 Å². The van der Waals surface area contributed by atoms with Gasteiger partial charge in [0.25, 0.3) is 0 Å². The molecule has 0 unspecified atom stereocenters. The van der Waals surface area contributed by atoms with Crippen molar-refractivity contribution in [1.29, 1.82) is 0 Å². The molecule has 1 aromatic rings. The molecule has 0 aliphatic carbocycles. The summed E-state index contributed by atoms with van der Waals surface area (Å²) in [6, 6.07) is 0.158. The van der Waals surface area contributed by atoms with E-state index in [-0.39, 0.29) is 11.9 Å². The Morgan fingerprint density at radius 1 is 1.59 bits per heavy atom. The number of hydrogen-bond donors (Lipinski definition) is 1. The molecule has 0 saturated carbocycles. The first-order valence-corrected chi connectivity index (χ1v) is 6.62. The van der Waals surface area contributed by atoms with Gasteiger partial charge in [0.1, 0.15) is 12.1 Å². The lowest BCUT2D eigenvalue weighted by molar-refractivity contribution is -0.120. The van der Waals surface area contributed by atoms with E-state index >= 15 is 0 Å². The Morgan fingerprint density at radius 2 is 2.29 bits per heavy atom. The second kappa shape index (κ2) is 6.73. The molecule has 0 bridgehead atoms. The summed E-state index contributed by atoms with van der Waals surface area (Å²) in [4.78, 5) is 21.8. The second-order valence-electron chi connectivity index (χ2n) is 3.93. The zero-order valence-electron chi connectivity index (χ0n) is 10.3. The molecule has 0 saturated heterocycles. The van der Waals surface area contributed by atoms with Crippen LogP contribution >= 0.6 is 22.6 Å².